The molecule has 2 fully saturated rings. The molecule has 1 atom stereocenters. The van der Waals surface area contributed by atoms with Crippen LogP contribution in [-0.2, 0) is 0 Å². The summed E-state index contributed by atoms with van der Waals surface area (Å²) in [5.41, 5.74) is 1.35. The summed E-state index contributed by atoms with van der Waals surface area (Å²) in [5.74, 6) is 0. The standard InChI is InChI=1S/C13H19N3/c1-2-13(10-15-7-1)16(11-3-4-11)12-5-8-14-9-6-12/h5-6,8-9,11,13,15H,1-4,7,10H2. The summed E-state index contributed by atoms with van der Waals surface area (Å²) < 4.78 is 0. The van der Waals surface area contributed by atoms with Gasteiger partial charge in [-0.15, -0.1) is 0 Å². The van der Waals surface area contributed by atoms with Crippen LogP contribution < -0.4 is 10.2 Å². The molecule has 0 aromatic carbocycles. The van der Waals surface area contributed by atoms with Crippen LogP contribution in [0, 0.1) is 0 Å². The van der Waals surface area contributed by atoms with E-state index < -0.39 is 0 Å². The molecule has 3 nitrogen and oxygen atoms in total. The molecule has 1 aromatic rings. The van der Waals surface area contributed by atoms with Gasteiger partial charge in [-0.25, -0.2) is 0 Å². The number of nitrogens with one attached hydrogen (secondary N) is 1. The lowest BCUT2D eigenvalue weighted by Crippen LogP contribution is -2.47. The Bertz CT molecular complexity index is 328. The summed E-state index contributed by atoms with van der Waals surface area (Å²) in [7, 11) is 0. The van der Waals surface area contributed by atoms with Crippen molar-refractivity contribution in [2.75, 3.05) is 18.0 Å². The van der Waals surface area contributed by atoms with E-state index in [0.717, 1.165) is 12.6 Å². The van der Waals surface area contributed by atoms with Crippen molar-refractivity contribution in [3.8, 4) is 0 Å². The average Bonchev–Trinajstić information content (AvgIpc) is 3.17. The predicted molar refractivity (Wildman–Crippen MR) is 65.6 cm³/mol. The van der Waals surface area contributed by atoms with E-state index in [-0.39, 0.29) is 0 Å². The van der Waals surface area contributed by atoms with E-state index in [0.29, 0.717) is 6.04 Å². The number of piperidine rings is 1. The van der Waals surface area contributed by atoms with Crippen molar-refractivity contribution in [2.24, 2.45) is 0 Å². The van der Waals surface area contributed by atoms with Gasteiger partial charge in [-0.3, -0.25) is 4.98 Å². The van der Waals surface area contributed by atoms with Gasteiger partial charge in [0.2, 0.25) is 0 Å². The first-order valence-corrected chi connectivity index (χ1v) is 6.34. The van der Waals surface area contributed by atoms with E-state index in [1.54, 1.807) is 0 Å². The molecular weight excluding hydrogens is 198 g/mol. The summed E-state index contributed by atoms with van der Waals surface area (Å²) in [6.45, 7) is 2.32. The Labute approximate surface area is 96.9 Å². The highest BCUT2D eigenvalue weighted by molar-refractivity contribution is 5.48. The number of aromatic nitrogens is 1. The quantitative estimate of drug-likeness (QED) is 0.837. The monoisotopic (exact) mass is 217 g/mol. The lowest BCUT2D eigenvalue weighted by atomic mass is 10.0. The Kier molecular flexibility index (Phi) is 2.79. The fraction of sp³-hybridized carbons (Fsp3) is 0.615. The van der Waals surface area contributed by atoms with Crippen LogP contribution in [0.2, 0.25) is 0 Å². The molecule has 2 aliphatic rings. The van der Waals surface area contributed by atoms with Crippen molar-refractivity contribution in [1.82, 2.24) is 10.3 Å². The fourth-order valence-corrected chi connectivity index (χ4v) is 2.66. The molecule has 1 aliphatic heterocycles. The number of nitrogens with zero attached hydrogens (tertiary/aromatic N) is 2. The van der Waals surface area contributed by atoms with Crippen molar-refractivity contribution in [2.45, 2.75) is 37.8 Å². The Morgan fingerprint density at radius 2 is 1.94 bits per heavy atom. The van der Waals surface area contributed by atoms with Crippen LogP contribution in [0.1, 0.15) is 25.7 Å². The van der Waals surface area contributed by atoms with E-state index in [1.807, 2.05) is 12.4 Å². The highest BCUT2D eigenvalue weighted by atomic mass is 15.2. The fourth-order valence-electron chi connectivity index (χ4n) is 2.66. The summed E-state index contributed by atoms with van der Waals surface area (Å²) in [5, 5.41) is 3.51. The Morgan fingerprint density at radius 3 is 2.56 bits per heavy atom. The van der Waals surface area contributed by atoms with Gasteiger partial charge in [0.1, 0.15) is 0 Å². The van der Waals surface area contributed by atoms with E-state index in [4.69, 9.17) is 0 Å². The van der Waals surface area contributed by atoms with Crippen LogP contribution in [0.15, 0.2) is 24.5 Å². The van der Waals surface area contributed by atoms with Gasteiger partial charge in [0, 0.05) is 36.7 Å². The second kappa shape index (κ2) is 4.42. The maximum atomic E-state index is 4.11. The molecule has 2 heterocycles. The van der Waals surface area contributed by atoms with Crippen LogP contribution in [0.3, 0.4) is 0 Å². The van der Waals surface area contributed by atoms with Crippen molar-refractivity contribution in [3.63, 3.8) is 0 Å². The molecule has 1 unspecified atom stereocenters. The zero-order chi connectivity index (χ0) is 10.8. The molecular formula is C13H19N3. The molecule has 1 saturated heterocycles. The lowest BCUT2D eigenvalue weighted by molar-refractivity contribution is 0.429. The predicted octanol–water partition coefficient (Wildman–Crippen LogP) is 1.80. The molecule has 16 heavy (non-hydrogen) atoms. The molecule has 1 N–H and O–H groups in total. The van der Waals surface area contributed by atoms with Gasteiger partial charge < -0.3 is 10.2 Å². The largest absolute Gasteiger partial charge is 0.364 e. The van der Waals surface area contributed by atoms with E-state index in [1.165, 1.54) is 37.9 Å². The third-order valence-electron chi connectivity index (χ3n) is 3.57. The Morgan fingerprint density at radius 1 is 1.12 bits per heavy atom. The molecule has 0 spiro atoms. The first kappa shape index (κ1) is 10.1. The van der Waals surface area contributed by atoms with Crippen LogP contribution in [0.5, 0.6) is 0 Å². The zero-order valence-electron chi connectivity index (χ0n) is 9.60. The first-order valence-electron chi connectivity index (χ1n) is 6.34. The van der Waals surface area contributed by atoms with Crippen LogP contribution in [0.4, 0.5) is 5.69 Å². The van der Waals surface area contributed by atoms with Crippen LogP contribution >= 0.6 is 0 Å². The van der Waals surface area contributed by atoms with Gasteiger partial charge in [0.05, 0.1) is 0 Å². The zero-order valence-corrected chi connectivity index (χ0v) is 9.60. The van der Waals surface area contributed by atoms with Gasteiger partial charge in [-0.2, -0.15) is 0 Å². The van der Waals surface area contributed by atoms with E-state index in [2.05, 4.69) is 27.3 Å². The van der Waals surface area contributed by atoms with Gasteiger partial charge in [0.25, 0.3) is 0 Å². The number of hydrogen-bond acceptors (Lipinski definition) is 3. The summed E-state index contributed by atoms with van der Waals surface area (Å²) in [6.07, 6.45) is 9.16. The molecule has 1 aromatic heterocycles. The highest BCUT2D eigenvalue weighted by Crippen LogP contribution is 2.34. The number of pyridine rings is 1. The second-order valence-corrected chi connectivity index (χ2v) is 4.84. The summed E-state index contributed by atoms with van der Waals surface area (Å²) >= 11 is 0. The van der Waals surface area contributed by atoms with E-state index in [9.17, 15) is 0 Å². The van der Waals surface area contributed by atoms with Gasteiger partial charge in [-0.05, 0) is 44.4 Å². The topological polar surface area (TPSA) is 28.2 Å². The van der Waals surface area contributed by atoms with Gasteiger partial charge in [0.15, 0.2) is 0 Å². The van der Waals surface area contributed by atoms with Gasteiger partial charge >= 0.3 is 0 Å². The summed E-state index contributed by atoms with van der Waals surface area (Å²) in [6, 6.07) is 5.76. The first-order chi connectivity index (χ1) is 7.95. The molecule has 1 saturated carbocycles. The third kappa shape index (κ3) is 2.05. The van der Waals surface area contributed by atoms with E-state index >= 15 is 0 Å². The molecule has 86 valence electrons. The highest BCUT2D eigenvalue weighted by Gasteiger charge is 2.34. The van der Waals surface area contributed by atoms with Crippen molar-refractivity contribution < 1.29 is 0 Å². The van der Waals surface area contributed by atoms with Crippen molar-refractivity contribution in [3.05, 3.63) is 24.5 Å². The van der Waals surface area contributed by atoms with Crippen LogP contribution in [0.25, 0.3) is 0 Å². The average molecular weight is 217 g/mol. The Balaban J connectivity index is 1.80. The normalized spacial score (nSPS) is 25.4. The lowest BCUT2D eigenvalue weighted by Gasteiger charge is -2.36. The van der Waals surface area contributed by atoms with Crippen molar-refractivity contribution in [1.29, 1.82) is 0 Å². The summed E-state index contributed by atoms with van der Waals surface area (Å²) in [4.78, 5) is 6.73. The number of anilines is 1. The Hall–Kier alpha value is -1.09. The van der Waals surface area contributed by atoms with Gasteiger partial charge in [-0.1, -0.05) is 0 Å². The maximum Gasteiger partial charge on any atom is 0.0418 e. The molecule has 1 aliphatic carbocycles. The minimum absolute atomic E-state index is 0.684. The third-order valence-corrected chi connectivity index (χ3v) is 3.57. The number of hydrogen-bond donors (Lipinski definition) is 1. The molecule has 3 heteroatoms. The SMILES string of the molecule is c1cc(N(C2CC2)C2CCCNC2)ccn1. The molecule has 0 bridgehead atoms. The molecule has 0 radical (unpaired) electrons. The van der Waals surface area contributed by atoms with Crippen molar-refractivity contribution >= 4 is 5.69 Å². The smallest absolute Gasteiger partial charge is 0.0418 e. The minimum atomic E-state index is 0.684. The molecule has 0 amide bonds. The number of rotatable bonds is 3. The van der Waals surface area contributed by atoms with Crippen LogP contribution in [-0.4, -0.2) is 30.2 Å². The minimum Gasteiger partial charge on any atom is -0.364 e. The second-order valence-electron chi connectivity index (χ2n) is 4.84. The maximum absolute atomic E-state index is 4.11. The molecule has 3 rings (SSSR count).